The van der Waals surface area contributed by atoms with Gasteiger partial charge in [-0.1, -0.05) is 29.8 Å². The highest BCUT2D eigenvalue weighted by molar-refractivity contribution is 6.31. The summed E-state index contributed by atoms with van der Waals surface area (Å²) in [5, 5.41) is 0.671. The molecule has 0 radical (unpaired) electrons. The topological polar surface area (TPSA) is 33.5 Å². The molecule has 1 amide bonds. The van der Waals surface area contributed by atoms with Crippen LogP contribution in [0.25, 0.3) is 0 Å². The molecule has 0 bridgehead atoms. The molecule has 0 saturated heterocycles. The van der Waals surface area contributed by atoms with E-state index in [1.54, 1.807) is 11.0 Å². The maximum atomic E-state index is 12.4. The minimum atomic E-state index is -0.107. The number of carbonyl (C=O) groups excluding carboxylic acids is 1. The van der Waals surface area contributed by atoms with Crippen molar-refractivity contribution >= 4 is 17.5 Å². The molecule has 0 aliphatic heterocycles. The summed E-state index contributed by atoms with van der Waals surface area (Å²) in [5.41, 5.74) is 1.78. The van der Waals surface area contributed by atoms with Gasteiger partial charge in [0.2, 0.25) is 0 Å². The highest BCUT2D eigenvalue weighted by atomic mass is 35.5. The zero-order valence-corrected chi connectivity index (χ0v) is 11.8. The van der Waals surface area contributed by atoms with E-state index in [1.807, 2.05) is 38.1 Å². The van der Waals surface area contributed by atoms with Gasteiger partial charge in [0.25, 0.3) is 5.91 Å². The number of furan rings is 1. The second kappa shape index (κ2) is 5.93. The maximum absolute atomic E-state index is 12.4. The van der Waals surface area contributed by atoms with Crippen molar-refractivity contribution in [3.05, 3.63) is 58.5 Å². The SMILES string of the molecule is CCN(Cc1ccccc1Cl)C(=O)c1occc1C. The molecular weight excluding hydrogens is 262 g/mol. The van der Waals surface area contributed by atoms with Crippen LogP contribution < -0.4 is 0 Å². The molecule has 1 aromatic heterocycles. The monoisotopic (exact) mass is 277 g/mol. The van der Waals surface area contributed by atoms with Crippen LogP contribution in [0.1, 0.15) is 28.6 Å². The predicted molar refractivity (Wildman–Crippen MR) is 75.3 cm³/mol. The summed E-state index contributed by atoms with van der Waals surface area (Å²) >= 11 is 6.12. The third-order valence-corrected chi connectivity index (χ3v) is 3.41. The number of hydrogen-bond acceptors (Lipinski definition) is 2. The Labute approximate surface area is 117 Å². The lowest BCUT2D eigenvalue weighted by molar-refractivity contribution is 0.0719. The third kappa shape index (κ3) is 2.99. The van der Waals surface area contributed by atoms with E-state index < -0.39 is 0 Å². The largest absolute Gasteiger partial charge is 0.459 e. The van der Waals surface area contributed by atoms with Gasteiger partial charge in [0.1, 0.15) is 0 Å². The molecule has 0 saturated carbocycles. The lowest BCUT2D eigenvalue weighted by Crippen LogP contribution is -2.30. The van der Waals surface area contributed by atoms with Gasteiger partial charge in [-0.15, -0.1) is 0 Å². The molecule has 0 unspecified atom stereocenters. The van der Waals surface area contributed by atoms with Gasteiger partial charge in [0.05, 0.1) is 6.26 Å². The number of hydrogen-bond donors (Lipinski definition) is 0. The van der Waals surface area contributed by atoms with Crippen molar-refractivity contribution in [2.45, 2.75) is 20.4 Å². The first kappa shape index (κ1) is 13.7. The Bertz CT molecular complexity index is 577. The second-order valence-corrected chi connectivity index (χ2v) is 4.75. The molecule has 3 nitrogen and oxygen atoms in total. The first-order valence-electron chi connectivity index (χ1n) is 6.20. The number of nitrogens with zero attached hydrogens (tertiary/aromatic N) is 1. The molecule has 0 aliphatic rings. The average molecular weight is 278 g/mol. The average Bonchev–Trinajstić information content (AvgIpc) is 2.83. The van der Waals surface area contributed by atoms with E-state index >= 15 is 0 Å². The van der Waals surface area contributed by atoms with E-state index in [-0.39, 0.29) is 5.91 Å². The van der Waals surface area contributed by atoms with Gasteiger partial charge in [-0.2, -0.15) is 0 Å². The Morgan fingerprint density at radius 3 is 2.63 bits per heavy atom. The second-order valence-electron chi connectivity index (χ2n) is 4.34. The highest BCUT2D eigenvalue weighted by Crippen LogP contribution is 2.19. The van der Waals surface area contributed by atoms with Gasteiger partial charge in [-0.05, 0) is 31.5 Å². The van der Waals surface area contributed by atoms with Crippen LogP contribution in [-0.4, -0.2) is 17.4 Å². The van der Waals surface area contributed by atoms with Crippen LogP contribution in [0.15, 0.2) is 41.0 Å². The fraction of sp³-hybridized carbons (Fsp3) is 0.267. The molecule has 0 spiro atoms. The first-order chi connectivity index (χ1) is 9.13. The summed E-state index contributed by atoms with van der Waals surface area (Å²) in [7, 11) is 0. The normalized spacial score (nSPS) is 10.5. The van der Waals surface area contributed by atoms with E-state index in [4.69, 9.17) is 16.0 Å². The van der Waals surface area contributed by atoms with Crippen LogP contribution in [0.4, 0.5) is 0 Å². The standard InChI is InChI=1S/C15H16ClNO2/c1-3-17(10-12-6-4-5-7-13(12)16)15(18)14-11(2)8-9-19-14/h4-9H,3,10H2,1-2H3. The summed E-state index contributed by atoms with van der Waals surface area (Å²) in [6.07, 6.45) is 1.53. The minimum absolute atomic E-state index is 0.107. The molecular formula is C15H16ClNO2. The Hall–Kier alpha value is -1.74. The molecule has 0 aliphatic carbocycles. The summed E-state index contributed by atoms with van der Waals surface area (Å²) in [4.78, 5) is 14.1. The molecule has 2 aromatic rings. The predicted octanol–water partition coefficient (Wildman–Crippen LogP) is 3.90. The van der Waals surface area contributed by atoms with Crippen LogP contribution in [0.3, 0.4) is 0 Å². The zero-order chi connectivity index (χ0) is 13.8. The van der Waals surface area contributed by atoms with E-state index in [1.165, 1.54) is 6.26 Å². The lowest BCUT2D eigenvalue weighted by Gasteiger charge is -2.20. The number of benzene rings is 1. The zero-order valence-electron chi connectivity index (χ0n) is 11.0. The van der Waals surface area contributed by atoms with Crippen molar-refractivity contribution in [1.82, 2.24) is 4.90 Å². The van der Waals surface area contributed by atoms with E-state index in [0.29, 0.717) is 23.9 Å². The molecule has 0 atom stereocenters. The van der Waals surface area contributed by atoms with Crippen molar-refractivity contribution in [1.29, 1.82) is 0 Å². The summed E-state index contributed by atoms with van der Waals surface area (Å²) < 4.78 is 5.25. The molecule has 0 N–H and O–H groups in total. The van der Waals surface area contributed by atoms with Gasteiger partial charge in [0.15, 0.2) is 5.76 Å². The fourth-order valence-electron chi connectivity index (χ4n) is 1.89. The molecule has 19 heavy (non-hydrogen) atoms. The quantitative estimate of drug-likeness (QED) is 0.849. The van der Waals surface area contributed by atoms with Crippen LogP contribution in [0.5, 0.6) is 0 Å². The summed E-state index contributed by atoms with van der Waals surface area (Å²) in [6.45, 7) is 4.88. The van der Waals surface area contributed by atoms with Crippen LogP contribution in [-0.2, 0) is 6.54 Å². The number of carbonyl (C=O) groups is 1. The molecule has 2 rings (SSSR count). The Morgan fingerprint density at radius 1 is 1.32 bits per heavy atom. The van der Waals surface area contributed by atoms with Crippen molar-refractivity contribution < 1.29 is 9.21 Å². The van der Waals surface area contributed by atoms with Crippen molar-refractivity contribution in [2.24, 2.45) is 0 Å². The lowest BCUT2D eigenvalue weighted by atomic mass is 10.2. The summed E-state index contributed by atoms with van der Waals surface area (Å²) in [6, 6.07) is 9.33. The number of halogens is 1. The van der Waals surface area contributed by atoms with Gasteiger partial charge >= 0.3 is 0 Å². The number of aryl methyl sites for hydroxylation is 1. The Morgan fingerprint density at radius 2 is 2.05 bits per heavy atom. The summed E-state index contributed by atoms with van der Waals surface area (Å²) in [5.74, 6) is 0.291. The van der Waals surface area contributed by atoms with Gasteiger partial charge in [0, 0.05) is 23.7 Å². The molecule has 0 fully saturated rings. The van der Waals surface area contributed by atoms with E-state index in [2.05, 4.69) is 0 Å². The minimum Gasteiger partial charge on any atom is -0.459 e. The van der Waals surface area contributed by atoms with Gasteiger partial charge < -0.3 is 9.32 Å². The highest BCUT2D eigenvalue weighted by Gasteiger charge is 2.20. The molecule has 1 aromatic carbocycles. The van der Waals surface area contributed by atoms with Gasteiger partial charge in [-0.25, -0.2) is 0 Å². The smallest absolute Gasteiger partial charge is 0.290 e. The fourth-order valence-corrected chi connectivity index (χ4v) is 2.09. The number of amides is 1. The Balaban J connectivity index is 2.20. The first-order valence-corrected chi connectivity index (χ1v) is 6.58. The molecule has 1 heterocycles. The molecule has 100 valence electrons. The molecule has 4 heteroatoms. The van der Waals surface area contributed by atoms with Crippen molar-refractivity contribution in [2.75, 3.05) is 6.54 Å². The van der Waals surface area contributed by atoms with Crippen molar-refractivity contribution in [3.8, 4) is 0 Å². The van der Waals surface area contributed by atoms with E-state index in [9.17, 15) is 4.79 Å². The van der Waals surface area contributed by atoms with Crippen LogP contribution in [0.2, 0.25) is 5.02 Å². The Kier molecular flexibility index (Phi) is 4.27. The van der Waals surface area contributed by atoms with E-state index in [0.717, 1.165) is 11.1 Å². The van der Waals surface area contributed by atoms with Crippen LogP contribution in [0, 0.1) is 6.92 Å². The third-order valence-electron chi connectivity index (χ3n) is 3.04. The van der Waals surface area contributed by atoms with Gasteiger partial charge in [-0.3, -0.25) is 4.79 Å². The van der Waals surface area contributed by atoms with Crippen LogP contribution >= 0.6 is 11.6 Å². The van der Waals surface area contributed by atoms with Crippen molar-refractivity contribution in [3.63, 3.8) is 0 Å². The number of rotatable bonds is 4. The maximum Gasteiger partial charge on any atom is 0.290 e.